The van der Waals surface area contributed by atoms with E-state index in [4.69, 9.17) is 18.9 Å². The Hall–Kier alpha value is -4.86. The van der Waals surface area contributed by atoms with E-state index in [1.807, 2.05) is 13.0 Å². The first-order valence-corrected chi connectivity index (χ1v) is 14.9. The van der Waals surface area contributed by atoms with Crippen LogP contribution in [-0.2, 0) is 18.9 Å². The molecule has 0 spiro atoms. The summed E-state index contributed by atoms with van der Waals surface area (Å²) in [4.78, 5) is 53.1. The molecule has 0 aliphatic heterocycles. The molecular weight excluding hydrogens is 576 g/mol. The van der Waals surface area contributed by atoms with E-state index in [1.165, 1.54) is 9.13 Å². The Balaban J connectivity index is 1.96. The van der Waals surface area contributed by atoms with Gasteiger partial charge in [0.1, 0.15) is 11.2 Å². The van der Waals surface area contributed by atoms with Crippen molar-refractivity contribution < 1.29 is 38.1 Å². The van der Waals surface area contributed by atoms with Crippen LogP contribution in [0.15, 0.2) is 42.5 Å². The molecular formula is C35H38N2O8. The number of hydrogen-bond donors (Lipinski definition) is 0. The van der Waals surface area contributed by atoms with Crippen LogP contribution in [0.4, 0.5) is 9.59 Å². The minimum absolute atomic E-state index is 0.212. The molecule has 236 valence electrons. The van der Waals surface area contributed by atoms with Gasteiger partial charge in [0.2, 0.25) is 0 Å². The van der Waals surface area contributed by atoms with Gasteiger partial charge in [-0.1, -0.05) is 0 Å². The van der Waals surface area contributed by atoms with Crippen molar-refractivity contribution in [3.05, 3.63) is 59.2 Å². The highest BCUT2D eigenvalue weighted by atomic mass is 16.6. The highest BCUT2D eigenvalue weighted by Gasteiger charge is 2.29. The van der Waals surface area contributed by atoms with Crippen LogP contribution in [0.1, 0.15) is 81.7 Å². The number of aromatic nitrogens is 2. The molecule has 0 fully saturated rings. The third-order valence-electron chi connectivity index (χ3n) is 7.19. The minimum atomic E-state index is -0.794. The van der Waals surface area contributed by atoms with Crippen LogP contribution >= 0.6 is 0 Å². The summed E-state index contributed by atoms with van der Waals surface area (Å²) in [5.41, 5.74) is 1.71. The monoisotopic (exact) mass is 614 g/mol. The average molecular weight is 615 g/mol. The Morgan fingerprint density at radius 3 is 1.31 bits per heavy atom. The Morgan fingerprint density at radius 1 is 0.600 bits per heavy atom. The van der Waals surface area contributed by atoms with Gasteiger partial charge in [-0.3, -0.25) is 0 Å². The summed E-state index contributed by atoms with van der Waals surface area (Å²) in [6.07, 6.45) is -1.23. The van der Waals surface area contributed by atoms with Crippen molar-refractivity contribution in [3.8, 4) is 0 Å². The molecule has 0 atom stereocenters. The highest BCUT2D eigenvalue weighted by molar-refractivity contribution is 6.24. The fourth-order valence-corrected chi connectivity index (χ4v) is 5.60. The van der Waals surface area contributed by atoms with Gasteiger partial charge >= 0.3 is 24.1 Å². The number of rotatable bonds is 4. The van der Waals surface area contributed by atoms with Gasteiger partial charge in [-0.25, -0.2) is 28.3 Å². The second-order valence-electron chi connectivity index (χ2n) is 12.8. The molecule has 3 aromatic carbocycles. The molecule has 0 aliphatic rings. The van der Waals surface area contributed by atoms with E-state index in [2.05, 4.69) is 0 Å². The van der Waals surface area contributed by atoms with Crippen molar-refractivity contribution in [2.24, 2.45) is 0 Å². The van der Waals surface area contributed by atoms with Crippen LogP contribution in [0, 0.1) is 6.92 Å². The number of fused-ring (bicyclic) bond motifs is 6. The van der Waals surface area contributed by atoms with Gasteiger partial charge in [-0.15, -0.1) is 0 Å². The summed E-state index contributed by atoms with van der Waals surface area (Å²) in [5.74, 6) is -0.980. The Kier molecular flexibility index (Phi) is 7.89. The summed E-state index contributed by atoms with van der Waals surface area (Å²) >= 11 is 0. The number of benzene rings is 3. The number of hydrogen-bond acceptors (Lipinski definition) is 8. The maximum atomic E-state index is 13.8. The number of carbonyl (C=O) groups excluding carboxylic acids is 4. The van der Waals surface area contributed by atoms with E-state index in [9.17, 15) is 19.2 Å². The summed E-state index contributed by atoms with van der Waals surface area (Å²) in [6, 6.07) is 11.8. The molecule has 0 bridgehead atoms. The molecule has 2 heterocycles. The Bertz CT molecular complexity index is 1890. The van der Waals surface area contributed by atoms with Gasteiger partial charge in [0, 0.05) is 21.5 Å². The van der Waals surface area contributed by atoms with Crippen molar-refractivity contribution in [1.82, 2.24) is 9.13 Å². The number of carbonyl (C=O) groups is 4. The molecule has 0 saturated carbocycles. The van der Waals surface area contributed by atoms with Crippen molar-refractivity contribution in [2.45, 2.75) is 73.5 Å². The summed E-state index contributed by atoms with van der Waals surface area (Å²) in [5, 5.41) is 2.53. The van der Waals surface area contributed by atoms with Gasteiger partial charge in [0.25, 0.3) is 0 Å². The molecule has 0 amide bonds. The quantitative estimate of drug-likeness (QED) is 0.147. The minimum Gasteiger partial charge on any atom is -0.462 e. The summed E-state index contributed by atoms with van der Waals surface area (Å²) < 4.78 is 25.1. The fraction of sp³-hybridized carbons (Fsp3) is 0.371. The summed E-state index contributed by atoms with van der Waals surface area (Å²) in [6.45, 7) is 16.4. The molecule has 2 aromatic heterocycles. The van der Waals surface area contributed by atoms with Crippen molar-refractivity contribution >= 4 is 67.7 Å². The van der Waals surface area contributed by atoms with Crippen LogP contribution in [0.2, 0.25) is 0 Å². The van der Waals surface area contributed by atoms with Gasteiger partial charge in [-0.2, -0.15) is 0 Å². The van der Waals surface area contributed by atoms with Crippen molar-refractivity contribution in [1.29, 1.82) is 0 Å². The third kappa shape index (κ3) is 5.72. The smallest absolute Gasteiger partial charge is 0.419 e. The summed E-state index contributed by atoms with van der Waals surface area (Å²) in [7, 11) is 0. The van der Waals surface area contributed by atoms with E-state index >= 15 is 0 Å². The lowest BCUT2D eigenvalue weighted by Gasteiger charge is -2.21. The maximum Gasteiger partial charge on any atom is 0.419 e. The standard InChI is InChI=1S/C35H38N2O8/c1-10-42-30(38)20-12-14-26-22(16-20)24-18-25-23-17-21(31(39)43-11-2)13-15-27(23)37(33(41)45-35(7,8)9)29(25)19(3)28(24)36(26)32(40)44-34(4,5)6/h12-18H,10-11H2,1-9H3. The van der Waals surface area contributed by atoms with E-state index < -0.39 is 35.3 Å². The third-order valence-corrected chi connectivity index (χ3v) is 7.19. The van der Waals surface area contributed by atoms with Gasteiger partial charge in [0.15, 0.2) is 0 Å². The predicted molar refractivity (Wildman–Crippen MR) is 172 cm³/mol. The molecule has 10 heteroatoms. The van der Waals surface area contributed by atoms with Gasteiger partial charge in [0.05, 0.1) is 46.4 Å². The molecule has 10 nitrogen and oxygen atoms in total. The number of esters is 2. The molecule has 0 saturated heterocycles. The zero-order chi connectivity index (χ0) is 33.0. The second kappa shape index (κ2) is 11.3. The fourth-order valence-electron chi connectivity index (χ4n) is 5.60. The first kappa shape index (κ1) is 31.6. The lowest BCUT2D eigenvalue weighted by molar-refractivity contribution is 0.0517. The molecule has 0 aliphatic carbocycles. The van der Waals surface area contributed by atoms with Crippen molar-refractivity contribution in [2.75, 3.05) is 13.2 Å². The van der Waals surface area contributed by atoms with Crippen LogP contribution in [-0.4, -0.2) is 57.7 Å². The van der Waals surface area contributed by atoms with Crippen LogP contribution in [0.25, 0.3) is 43.6 Å². The lowest BCUT2D eigenvalue weighted by atomic mass is 10.0. The second-order valence-corrected chi connectivity index (χ2v) is 12.8. The SMILES string of the molecule is CCOC(=O)c1ccc2c(c1)c1cc3c4cc(C(=O)OCC)ccc4n(C(=O)OC(C)(C)C)c3c(C)c1n2C(=O)OC(C)(C)C. The predicted octanol–water partition coefficient (Wildman–Crippen LogP) is 8.13. The average Bonchev–Trinajstić information content (AvgIpc) is 3.44. The zero-order valence-corrected chi connectivity index (χ0v) is 27.1. The van der Waals surface area contributed by atoms with Gasteiger partial charge in [-0.05, 0) is 110 Å². The first-order chi connectivity index (χ1) is 21.1. The number of ether oxygens (including phenoxy) is 4. The van der Waals surface area contributed by atoms with E-state index in [-0.39, 0.29) is 13.2 Å². The first-order valence-electron chi connectivity index (χ1n) is 14.9. The Morgan fingerprint density at radius 2 is 0.978 bits per heavy atom. The van der Waals surface area contributed by atoms with E-state index in [0.29, 0.717) is 60.3 Å². The van der Waals surface area contributed by atoms with Crippen molar-refractivity contribution in [3.63, 3.8) is 0 Å². The van der Waals surface area contributed by atoms with Crippen LogP contribution < -0.4 is 0 Å². The van der Waals surface area contributed by atoms with E-state index in [1.54, 1.807) is 91.8 Å². The Labute approximate surface area is 260 Å². The molecule has 45 heavy (non-hydrogen) atoms. The topological polar surface area (TPSA) is 115 Å². The van der Waals surface area contributed by atoms with E-state index in [0.717, 1.165) is 0 Å². The molecule has 0 radical (unpaired) electrons. The van der Waals surface area contributed by atoms with Crippen LogP contribution in [0.3, 0.4) is 0 Å². The number of nitrogens with zero attached hydrogens (tertiary/aromatic N) is 2. The highest BCUT2D eigenvalue weighted by Crippen LogP contribution is 2.41. The maximum absolute atomic E-state index is 13.8. The van der Waals surface area contributed by atoms with Crippen LogP contribution in [0.5, 0.6) is 0 Å². The van der Waals surface area contributed by atoms with Gasteiger partial charge < -0.3 is 18.9 Å². The number of aryl methyl sites for hydroxylation is 1. The molecule has 0 unspecified atom stereocenters. The molecule has 5 rings (SSSR count). The lowest BCUT2D eigenvalue weighted by Crippen LogP contribution is -2.27. The normalized spacial score (nSPS) is 12.2. The largest absolute Gasteiger partial charge is 0.462 e. The molecule has 5 aromatic rings. The molecule has 0 N–H and O–H groups in total. The zero-order valence-electron chi connectivity index (χ0n) is 27.1.